The van der Waals surface area contributed by atoms with Crippen LogP contribution in [0, 0.1) is 0 Å². The normalized spacial score (nSPS) is 9.33. The summed E-state index contributed by atoms with van der Waals surface area (Å²) < 4.78 is 9.70. The highest BCUT2D eigenvalue weighted by atomic mass is 31.0. The minimum Gasteiger partial charge on any atom is -0.462 e. The molecule has 118 valence electrons. The predicted octanol–water partition coefficient (Wildman–Crippen LogP) is 3.70. The Morgan fingerprint density at radius 2 is 1.38 bits per heavy atom. The monoisotopic (exact) mass is 312 g/mol. The summed E-state index contributed by atoms with van der Waals surface area (Å²) in [5.74, 6) is -1.02. The van der Waals surface area contributed by atoms with Gasteiger partial charge in [-0.25, -0.2) is 9.59 Å². The number of carbonyl (C=O) groups is 2. The summed E-state index contributed by atoms with van der Waals surface area (Å²) in [5.41, 5.74) is 0.477. The van der Waals surface area contributed by atoms with Crippen molar-refractivity contribution >= 4 is 21.2 Å². The lowest BCUT2D eigenvalue weighted by Gasteiger charge is -2.07. The molecule has 0 aliphatic carbocycles. The molecule has 1 aromatic carbocycles. The second-order valence-corrected chi connectivity index (χ2v) is 4.71. The zero-order chi connectivity index (χ0) is 16.1. The third-order valence-electron chi connectivity index (χ3n) is 2.48. The maximum absolute atomic E-state index is 11.5. The lowest BCUT2D eigenvalue weighted by atomic mass is 10.1. The maximum Gasteiger partial charge on any atom is 0.338 e. The van der Waals surface area contributed by atoms with Gasteiger partial charge in [-0.05, 0) is 32.1 Å². The fraction of sp³-hybridized carbons (Fsp3) is 0.500. The molecule has 0 aliphatic rings. The molecular weight excluding hydrogens is 287 g/mol. The minimum atomic E-state index is -0.508. The van der Waals surface area contributed by atoms with E-state index in [-0.39, 0.29) is 24.3 Å². The van der Waals surface area contributed by atoms with Crippen LogP contribution in [0.15, 0.2) is 24.3 Å². The van der Waals surface area contributed by atoms with Crippen molar-refractivity contribution in [1.82, 2.24) is 0 Å². The average Bonchev–Trinajstić information content (AvgIpc) is 2.49. The fourth-order valence-electron chi connectivity index (χ4n) is 1.46. The molecule has 0 amide bonds. The van der Waals surface area contributed by atoms with Gasteiger partial charge in [0.2, 0.25) is 0 Å². The Morgan fingerprint density at radius 1 is 0.952 bits per heavy atom. The van der Waals surface area contributed by atoms with Crippen LogP contribution in [0.3, 0.4) is 0 Å². The quantitative estimate of drug-likeness (QED) is 0.593. The first-order valence-corrected chi connectivity index (χ1v) is 8.07. The van der Waals surface area contributed by atoms with Crippen molar-refractivity contribution in [2.75, 3.05) is 19.4 Å². The third-order valence-corrected chi connectivity index (χ3v) is 2.88. The number of carbonyl (C=O) groups excluding carboxylic acids is 2. The van der Waals surface area contributed by atoms with Crippen molar-refractivity contribution in [2.24, 2.45) is 0 Å². The molecule has 0 heterocycles. The summed E-state index contributed by atoms with van der Waals surface area (Å²) in [4.78, 5) is 23.1. The van der Waals surface area contributed by atoms with Crippen LogP contribution in [0.4, 0.5) is 0 Å². The van der Waals surface area contributed by atoms with Gasteiger partial charge in [0, 0.05) is 0 Å². The fourth-order valence-corrected chi connectivity index (χ4v) is 1.87. The molecule has 0 aliphatic heterocycles. The summed E-state index contributed by atoms with van der Waals surface area (Å²) in [7, 11) is 2.70. The van der Waals surface area contributed by atoms with Gasteiger partial charge in [0.1, 0.15) is 0 Å². The van der Waals surface area contributed by atoms with Crippen molar-refractivity contribution in [3.05, 3.63) is 35.4 Å². The number of benzene rings is 1. The first-order chi connectivity index (χ1) is 10.1. The topological polar surface area (TPSA) is 52.6 Å². The molecule has 0 saturated carbocycles. The molecule has 0 N–H and O–H groups in total. The van der Waals surface area contributed by atoms with Gasteiger partial charge < -0.3 is 9.47 Å². The minimum absolute atomic E-state index is 0.239. The molecule has 0 saturated heterocycles. The zero-order valence-electron chi connectivity index (χ0n) is 13.1. The van der Waals surface area contributed by atoms with Crippen LogP contribution < -0.4 is 0 Å². The van der Waals surface area contributed by atoms with Gasteiger partial charge in [-0.2, -0.15) is 0 Å². The van der Waals surface area contributed by atoms with E-state index in [1.807, 2.05) is 0 Å². The Balaban J connectivity index is 0.000000690. The van der Waals surface area contributed by atoms with Crippen molar-refractivity contribution < 1.29 is 19.1 Å². The summed E-state index contributed by atoms with van der Waals surface area (Å²) >= 11 is 0. The smallest absolute Gasteiger partial charge is 0.338 e. The molecule has 1 unspecified atom stereocenters. The number of hydrogen-bond acceptors (Lipinski definition) is 4. The van der Waals surface area contributed by atoms with Crippen molar-refractivity contribution in [2.45, 2.75) is 33.6 Å². The molecule has 0 bridgehead atoms. The van der Waals surface area contributed by atoms with E-state index in [2.05, 4.69) is 16.2 Å². The van der Waals surface area contributed by atoms with Crippen LogP contribution in [0.25, 0.3) is 0 Å². The first kappa shape index (κ1) is 19.6. The van der Waals surface area contributed by atoms with E-state index in [0.717, 1.165) is 0 Å². The summed E-state index contributed by atoms with van der Waals surface area (Å²) in [6.45, 7) is 6.17. The van der Waals surface area contributed by atoms with Crippen molar-refractivity contribution in [3.63, 3.8) is 0 Å². The molecule has 0 fully saturated rings. The van der Waals surface area contributed by atoms with Gasteiger partial charge in [0.15, 0.2) is 0 Å². The zero-order valence-corrected chi connectivity index (χ0v) is 14.2. The Morgan fingerprint density at radius 3 is 1.62 bits per heavy atom. The number of ether oxygens (including phenoxy) is 2. The summed E-state index contributed by atoms with van der Waals surface area (Å²) in [6, 6.07) is 6.44. The highest BCUT2D eigenvalue weighted by molar-refractivity contribution is 7.16. The van der Waals surface area contributed by atoms with Gasteiger partial charge in [-0.1, -0.05) is 31.9 Å². The number of esters is 2. The molecule has 1 rings (SSSR count). The third kappa shape index (κ3) is 7.81. The van der Waals surface area contributed by atoms with Gasteiger partial charge in [-0.15, -0.1) is 9.24 Å². The maximum atomic E-state index is 11.5. The molecule has 0 spiro atoms. The van der Waals surface area contributed by atoms with E-state index >= 15 is 0 Å². The van der Waals surface area contributed by atoms with E-state index in [1.54, 1.807) is 38.1 Å². The standard InChI is InChI=1S/C12H14O4.C4H11P/c1-3-15-11(13)9-7-5-6-8-10(9)12(14)16-4-2;1-2-3-4-5/h5-8H,3-4H2,1-2H3;2-5H2,1H3. The van der Waals surface area contributed by atoms with Crippen LogP contribution in [0.2, 0.25) is 0 Å². The second-order valence-electron chi connectivity index (χ2n) is 4.13. The average molecular weight is 312 g/mol. The van der Waals surface area contributed by atoms with E-state index in [4.69, 9.17) is 9.47 Å². The van der Waals surface area contributed by atoms with Gasteiger partial charge in [-0.3, -0.25) is 0 Å². The van der Waals surface area contributed by atoms with Crippen LogP contribution >= 0.6 is 9.24 Å². The predicted molar refractivity (Wildman–Crippen MR) is 87.8 cm³/mol. The van der Waals surface area contributed by atoms with Crippen LogP contribution in [-0.4, -0.2) is 31.3 Å². The van der Waals surface area contributed by atoms with Gasteiger partial charge in [0.25, 0.3) is 0 Å². The Bertz CT molecular complexity index is 393. The Kier molecular flexibility index (Phi) is 11.5. The first-order valence-electron chi connectivity index (χ1n) is 7.25. The molecule has 0 aromatic heterocycles. The Labute approximate surface area is 129 Å². The molecule has 4 nitrogen and oxygen atoms in total. The summed E-state index contributed by atoms with van der Waals surface area (Å²) in [6.07, 6.45) is 3.94. The lowest BCUT2D eigenvalue weighted by molar-refractivity contribution is 0.0479. The largest absolute Gasteiger partial charge is 0.462 e. The van der Waals surface area contributed by atoms with E-state index < -0.39 is 11.9 Å². The van der Waals surface area contributed by atoms with Crippen LogP contribution in [0.1, 0.15) is 54.3 Å². The van der Waals surface area contributed by atoms with Gasteiger partial charge >= 0.3 is 11.9 Å². The molecule has 1 atom stereocenters. The number of hydrogen-bond donors (Lipinski definition) is 0. The molecule has 1 aromatic rings. The van der Waals surface area contributed by atoms with Crippen LogP contribution in [-0.2, 0) is 9.47 Å². The van der Waals surface area contributed by atoms with Crippen molar-refractivity contribution in [3.8, 4) is 0 Å². The summed E-state index contributed by atoms with van der Waals surface area (Å²) in [5, 5.41) is 0. The van der Waals surface area contributed by atoms with Crippen molar-refractivity contribution in [1.29, 1.82) is 0 Å². The highest BCUT2D eigenvalue weighted by Crippen LogP contribution is 2.11. The number of rotatable bonds is 6. The van der Waals surface area contributed by atoms with E-state index in [1.165, 1.54) is 19.0 Å². The molecular formula is C16H25O4P. The van der Waals surface area contributed by atoms with Gasteiger partial charge in [0.05, 0.1) is 24.3 Å². The SMILES string of the molecule is CCCCP.CCOC(=O)c1ccccc1C(=O)OCC. The highest BCUT2D eigenvalue weighted by Gasteiger charge is 2.17. The molecule has 21 heavy (non-hydrogen) atoms. The van der Waals surface area contributed by atoms with E-state index in [9.17, 15) is 9.59 Å². The molecule has 0 radical (unpaired) electrons. The lowest BCUT2D eigenvalue weighted by Crippen LogP contribution is -2.13. The second kappa shape index (κ2) is 12.3. The molecule has 5 heteroatoms. The Hall–Kier alpha value is -1.41. The number of unbranched alkanes of at least 4 members (excludes halogenated alkanes) is 1. The van der Waals surface area contributed by atoms with Crippen LogP contribution in [0.5, 0.6) is 0 Å². The van der Waals surface area contributed by atoms with E-state index in [0.29, 0.717) is 0 Å².